The Hall–Kier alpha value is -2.36. The van der Waals surface area contributed by atoms with Crippen LogP contribution in [0.4, 0.5) is 24.7 Å². The predicted molar refractivity (Wildman–Crippen MR) is 82.4 cm³/mol. The van der Waals surface area contributed by atoms with Crippen LogP contribution in [0.15, 0.2) is 12.1 Å². The fourth-order valence-corrected chi connectivity index (χ4v) is 3.21. The maximum absolute atomic E-state index is 12.7. The van der Waals surface area contributed by atoms with Gasteiger partial charge in [0, 0.05) is 20.0 Å². The third kappa shape index (κ3) is 3.13. The van der Waals surface area contributed by atoms with E-state index in [4.69, 9.17) is 5.11 Å². The van der Waals surface area contributed by atoms with Gasteiger partial charge < -0.3 is 15.3 Å². The lowest BCUT2D eigenvalue weighted by atomic mass is 10.1. The molecule has 2 amide bonds. The van der Waals surface area contributed by atoms with E-state index in [-0.39, 0.29) is 23.5 Å². The number of hydrogen-bond donors (Lipinski definition) is 2. The molecule has 136 valence electrons. The van der Waals surface area contributed by atoms with Crippen LogP contribution < -0.4 is 15.1 Å². The normalized spacial score (nSPS) is 20.3. The summed E-state index contributed by atoms with van der Waals surface area (Å²) in [5, 5.41) is 10.5. The fraction of sp³-hybridized carbons (Fsp3) is 0.533. The number of hydrogen-bond acceptors (Lipinski definition) is 5. The Kier molecular flexibility index (Phi) is 4.31. The van der Waals surface area contributed by atoms with Crippen molar-refractivity contribution in [3.8, 4) is 0 Å². The maximum Gasteiger partial charge on any atom is 0.410 e. The molecule has 2 atom stereocenters. The zero-order valence-electron chi connectivity index (χ0n) is 13.4. The molecule has 0 aliphatic carbocycles. The van der Waals surface area contributed by atoms with Crippen LogP contribution in [-0.4, -0.2) is 59.9 Å². The average Bonchev–Trinajstić information content (AvgIpc) is 2.94. The second kappa shape index (κ2) is 6.17. The highest BCUT2D eigenvalue weighted by molar-refractivity contribution is 5.99. The van der Waals surface area contributed by atoms with Crippen molar-refractivity contribution < 1.29 is 27.9 Å². The van der Waals surface area contributed by atoms with Gasteiger partial charge in [0.05, 0.1) is 18.3 Å². The molecule has 1 fully saturated rings. The Morgan fingerprint density at radius 3 is 2.76 bits per heavy atom. The van der Waals surface area contributed by atoms with E-state index in [9.17, 15) is 22.8 Å². The van der Waals surface area contributed by atoms with Crippen molar-refractivity contribution in [1.29, 1.82) is 0 Å². The van der Waals surface area contributed by atoms with Crippen LogP contribution >= 0.6 is 0 Å². The molecule has 1 saturated heterocycles. The SMILES string of the molecule is CC(=O)N1c2nc(C(=O)NC(CO)C(F)(F)F)ccc2N2CCC1C2. The Balaban J connectivity index is 1.90. The van der Waals surface area contributed by atoms with Gasteiger partial charge in [0.1, 0.15) is 11.7 Å². The van der Waals surface area contributed by atoms with Crippen LogP contribution in [0.3, 0.4) is 0 Å². The maximum atomic E-state index is 12.7. The molecule has 2 aliphatic heterocycles. The van der Waals surface area contributed by atoms with Gasteiger partial charge in [-0.1, -0.05) is 0 Å². The van der Waals surface area contributed by atoms with E-state index >= 15 is 0 Å². The summed E-state index contributed by atoms with van der Waals surface area (Å²) in [4.78, 5) is 31.7. The minimum absolute atomic E-state index is 0.0591. The average molecular weight is 358 g/mol. The van der Waals surface area contributed by atoms with Crippen molar-refractivity contribution in [1.82, 2.24) is 10.3 Å². The lowest BCUT2D eigenvalue weighted by Gasteiger charge is -2.35. The second-order valence-corrected chi connectivity index (χ2v) is 6.07. The topological polar surface area (TPSA) is 85.8 Å². The van der Waals surface area contributed by atoms with Gasteiger partial charge in [-0.05, 0) is 18.6 Å². The summed E-state index contributed by atoms with van der Waals surface area (Å²) >= 11 is 0. The lowest BCUT2D eigenvalue weighted by molar-refractivity contribution is -0.161. The molecule has 1 aromatic rings. The molecule has 25 heavy (non-hydrogen) atoms. The van der Waals surface area contributed by atoms with Crippen molar-refractivity contribution >= 4 is 23.3 Å². The van der Waals surface area contributed by atoms with Crippen LogP contribution in [0.5, 0.6) is 0 Å². The minimum Gasteiger partial charge on any atom is -0.394 e. The number of carbonyl (C=O) groups is 2. The third-order valence-electron chi connectivity index (χ3n) is 4.41. The second-order valence-electron chi connectivity index (χ2n) is 6.07. The van der Waals surface area contributed by atoms with Crippen molar-refractivity contribution in [3.63, 3.8) is 0 Å². The highest BCUT2D eigenvalue weighted by Crippen LogP contribution is 2.38. The minimum atomic E-state index is -4.77. The highest BCUT2D eigenvalue weighted by atomic mass is 19.4. The molecule has 3 heterocycles. The first-order valence-electron chi connectivity index (χ1n) is 7.76. The van der Waals surface area contributed by atoms with Crippen LogP contribution in [0.2, 0.25) is 0 Å². The molecule has 0 aromatic carbocycles. The van der Waals surface area contributed by atoms with Crippen molar-refractivity contribution in [2.24, 2.45) is 0 Å². The van der Waals surface area contributed by atoms with E-state index in [0.29, 0.717) is 12.2 Å². The zero-order chi connectivity index (χ0) is 18.4. The first kappa shape index (κ1) is 17.5. The van der Waals surface area contributed by atoms with Crippen molar-refractivity contribution in [2.45, 2.75) is 31.6 Å². The molecular weight excluding hydrogens is 341 g/mol. The predicted octanol–water partition coefficient (Wildman–Crippen LogP) is 0.680. The number of amides is 2. The number of carbonyl (C=O) groups excluding carboxylic acids is 2. The number of alkyl halides is 3. The third-order valence-corrected chi connectivity index (χ3v) is 4.41. The first-order chi connectivity index (χ1) is 11.7. The Labute approximate surface area is 141 Å². The molecule has 0 radical (unpaired) electrons. The van der Waals surface area contributed by atoms with E-state index in [1.807, 2.05) is 4.90 Å². The van der Waals surface area contributed by atoms with E-state index < -0.39 is 24.7 Å². The molecule has 2 aliphatic rings. The summed E-state index contributed by atoms with van der Waals surface area (Å²) < 4.78 is 38.1. The summed E-state index contributed by atoms with van der Waals surface area (Å²) in [6.07, 6.45) is -4.01. The number of fused-ring (bicyclic) bond motifs is 4. The molecule has 0 spiro atoms. The largest absolute Gasteiger partial charge is 0.410 e. The molecule has 2 bridgehead atoms. The van der Waals surface area contributed by atoms with E-state index in [1.165, 1.54) is 17.9 Å². The first-order valence-corrected chi connectivity index (χ1v) is 7.76. The van der Waals surface area contributed by atoms with Gasteiger partial charge in [-0.15, -0.1) is 0 Å². The molecule has 0 saturated carbocycles. The number of aliphatic hydroxyl groups is 1. The standard InChI is InChI=1S/C15H17F3N4O3/c1-8(24)22-9-4-5-21(6-9)11-3-2-10(19-13(11)22)14(25)20-12(7-23)15(16,17)18/h2-3,9,12,23H,4-7H2,1H3,(H,20,25). The number of aliphatic hydroxyl groups excluding tert-OH is 1. The number of nitrogens with zero attached hydrogens (tertiary/aromatic N) is 3. The van der Waals surface area contributed by atoms with Crippen LogP contribution in [0.25, 0.3) is 0 Å². The van der Waals surface area contributed by atoms with Gasteiger partial charge in [-0.3, -0.25) is 14.5 Å². The van der Waals surface area contributed by atoms with Gasteiger partial charge in [0.15, 0.2) is 5.82 Å². The summed E-state index contributed by atoms with van der Waals surface area (Å²) in [7, 11) is 0. The smallest absolute Gasteiger partial charge is 0.394 e. The highest BCUT2D eigenvalue weighted by Gasteiger charge is 2.42. The van der Waals surface area contributed by atoms with Gasteiger partial charge >= 0.3 is 6.18 Å². The number of aromatic nitrogens is 1. The fourth-order valence-electron chi connectivity index (χ4n) is 3.21. The van der Waals surface area contributed by atoms with E-state index in [2.05, 4.69) is 4.98 Å². The van der Waals surface area contributed by atoms with E-state index in [0.717, 1.165) is 13.0 Å². The summed E-state index contributed by atoms with van der Waals surface area (Å²) in [6, 6.07) is 0.462. The van der Waals surface area contributed by atoms with Gasteiger partial charge in [-0.25, -0.2) is 4.98 Å². The number of halogens is 3. The van der Waals surface area contributed by atoms with Crippen molar-refractivity contribution in [2.75, 3.05) is 29.5 Å². The quantitative estimate of drug-likeness (QED) is 0.830. The Morgan fingerprint density at radius 2 is 2.16 bits per heavy atom. The number of nitrogens with one attached hydrogen (secondary N) is 1. The number of rotatable bonds is 3. The summed E-state index contributed by atoms with van der Waals surface area (Å²) in [5.74, 6) is -1.02. The summed E-state index contributed by atoms with van der Waals surface area (Å²) in [5.41, 5.74) is 0.435. The van der Waals surface area contributed by atoms with Crippen LogP contribution in [0.1, 0.15) is 23.8 Å². The van der Waals surface area contributed by atoms with Crippen LogP contribution in [-0.2, 0) is 4.79 Å². The van der Waals surface area contributed by atoms with Gasteiger partial charge in [0.2, 0.25) is 5.91 Å². The Bertz CT molecular complexity index is 710. The van der Waals surface area contributed by atoms with Gasteiger partial charge in [0.25, 0.3) is 5.91 Å². The zero-order valence-corrected chi connectivity index (χ0v) is 13.4. The van der Waals surface area contributed by atoms with Gasteiger partial charge in [-0.2, -0.15) is 13.2 Å². The summed E-state index contributed by atoms with van der Waals surface area (Å²) in [6.45, 7) is 1.53. The molecule has 7 nitrogen and oxygen atoms in total. The number of anilines is 2. The van der Waals surface area contributed by atoms with Crippen molar-refractivity contribution in [3.05, 3.63) is 17.8 Å². The molecule has 10 heteroatoms. The molecule has 2 N–H and O–H groups in total. The molecule has 1 aromatic heterocycles. The monoisotopic (exact) mass is 358 g/mol. The Morgan fingerprint density at radius 1 is 1.44 bits per heavy atom. The molecular formula is C15H17F3N4O3. The number of pyridine rings is 1. The lowest BCUT2D eigenvalue weighted by Crippen LogP contribution is -2.48. The molecule has 2 unspecified atom stereocenters. The van der Waals surface area contributed by atoms with E-state index in [1.54, 1.807) is 11.4 Å². The molecule has 3 rings (SSSR count). The van der Waals surface area contributed by atoms with Crippen LogP contribution in [0, 0.1) is 0 Å².